The minimum atomic E-state index is -0.357. The van der Waals surface area contributed by atoms with Crippen molar-refractivity contribution in [2.24, 2.45) is 0 Å². The molecule has 2 aromatic rings. The highest BCUT2D eigenvalue weighted by Crippen LogP contribution is 2.18. The van der Waals surface area contributed by atoms with Crippen molar-refractivity contribution in [1.29, 1.82) is 0 Å². The number of ether oxygens (including phenoxy) is 1. The molecule has 22 heavy (non-hydrogen) atoms. The monoisotopic (exact) mass is 342 g/mol. The van der Waals surface area contributed by atoms with Gasteiger partial charge in [-0.25, -0.2) is 4.39 Å². The van der Waals surface area contributed by atoms with Gasteiger partial charge in [0.2, 0.25) is 0 Å². The smallest absolute Gasteiger partial charge is 0.170 e. The van der Waals surface area contributed by atoms with E-state index in [0.29, 0.717) is 29.8 Å². The number of anilines is 1. The maximum absolute atomic E-state index is 13.0. The van der Waals surface area contributed by atoms with Gasteiger partial charge in [0.05, 0.1) is 25.0 Å². The first-order valence-corrected chi connectivity index (χ1v) is 7.37. The lowest BCUT2D eigenvalue weighted by molar-refractivity contribution is 0.204. The van der Waals surface area contributed by atoms with Gasteiger partial charge in [-0.1, -0.05) is 17.7 Å². The summed E-state index contributed by atoms with van der Waals surface area (Å²) in [4.78, 5) is 0. The lowest BCUT2D eigenvalue weighted by Gasteiger charge is -2.08. The van der Waals surface area contributed by atoms with Crippen LogP contribution in [0, 0.1) is 5.82 Å². The van der Waals surface area contributed by atoms with Gasteiger partial charge >= 0.3 is 0 Å². The molecule has 0 atom stereocenters. The van der Waals surface area contributed by atoms with Gasteiger partial charge in [-0.2, -0.15) is 5.10 Å². The summed E-state index contributed by atoms with van der Waals surface area (Å²) in [5, 5.41) is 11.1. The fourth-order valence-corrected chi connectivity index (χ4v) is 2.23. The van der Waals surface area contributed by atoms with Gasteiger partial charge in [-0.05, 0) is 29.9 Å². The lowest BCUT2D eigenvalue weighted by atomic mass is 10.2. The van der Waals surface area contributed by atoms with Crippen molar-refractivity contribution in [3.8, 4) is 0 Å². The maximum Gasteiger partial charge on any atom is 0.170 e. The zero-order valence-corrected chi connectivity index (χ0v) is 13.5. The Labute approximate surface area is 138 Å². The number of rotatable bonds is 6. The largest absolute Gasteiger partial charge is 0.383 e. The summed E-state index contributed by atoms with van der Waals surface area (Å²) < 4.78 is 19.6. The van der Waals surface area contributed by atoms with Crippen LogP contribution in [0.3, 0.4) is 0 Å². The highest BCUT2D eigenvalue weighted by atomic mass is 35.5. The third-order valence-electron chi connectivity index (χ3n) is 2.83. The van der Waals surface area contributed by atoms with Gasteiger partial charge in [0, 0.05) is 24.9 Å². The van der Waals surface area contributed by atoms with E-state index < -0.39 is 0 Å². The molecule has 0 saturated carbocycles. The Morgan fingerprint density at radius 3 is 3.05 bits per heavy atom. The Kier molecular flexibility index (Phi) is 6.11. The average Bonchev–Trinajstić information content (AvgIpc) is 2.89. The van der Waals surface area contributed by atoms with Gasteiger partial charge in [0.1, 0.15) is 5.82 Å². The molecule has 0 saturated heterocycles. The van der Waals surface area contributed by atoms with E-state index in [2.05, 4.69) is 15.7 Å². The third kappa shape index (κ3) is 4.94. The van der Waals surface area contributed by atoms with Gasteiger partial charge < -0.3 is 15.4 Å². The normalized spacial score (nSPS) is 10.5. The number of benzene rings is 1. The fraction of sp³-hybridized carbons (Fsp3) is 0.286. The van der Waals surface area contributed by atoms with Crippen molar-refractivity contribution in [3.63, 3.8) is 0 Å². The van der Waals surface area contributed by atoms with Crippen LogP contribution in [0.25, 0.3) is 0 Å². The summed E-state index contributed by atoms with van der Waals surface area (Å²) in [5.74, 6) is -0.357. The van der Waals surface area contributed by atoms with Crippen molar-refractivity contribution in [3.05, 3.63) is 47.0 Å². The molecular weight excluding hydrogens is 327 g/mol. The van der Waals surface area contributed by atoms with E-state index in [-0.39, 0.29) is 5.82 Å². The second kappa shape index (κ2) is 8.07. The SMILES string of the molecule is COCCNC(=S)Nc1cnn(Cc2ccc(F)cc2Cl)c1. The van der Waals surface area contributed by atoms with Gasteiger partial charge in [0.25, 0.3) is 0 Å². The molecule has 0 aliphatic heterocycles. The van der Waals surface area contributed by atoms with Crippen LogP contribution in [0.4, 0.5) is 10.1 Å². The second-order valence-corrected chi connectivity index (χ2v) is 5.35. The van der Waals surface area contributed by atoms with E-state index in [9.17, 15) is 4.39 Å². The topological polar surface area (TPSA) is 51.1 Å². The van der Waals surface area contributed by atoms with Crippen LogP contribution in [-0.4, -0.2) is 35.2 Å². The molecule has 118 valence electrons. The number of nitrogens with zero attached hydrogens (tertiary/aromatic N) is 2. The average molecular weight is 343 g/mol. The van der Waals surface area contributed by atoms with E-state index in [1.807, 2.05) is 0 Å². The van der Waals surface area contributed by atoms with Gasteiger partial charge in [-0.15, -0.1) is 0 Å². The minimum Gasteiger partial charge on any atom is -0.383 e. The van der Waals surface area contributed by atoms with Crippen LogP contribution in [0.15, 0.2) is 30.6 Å². The number of hydrogen-bond acceptors (Lipinski definition) is 3. The molecule has 0 amide bonds. The zero-order valence-electron chi connectivity index (χ0n) is 12.0. The number of nitrogens with one attached hydrogen (secondary N) is 2. The number of hydrogen-bond donors (Lipinski definition) is 2. The molecule has 0 aliphatic carbocycles. The summed E-state index contributed by atoms with van der Waals surface area (Å²) in [6.07, 6.45) is 3.45. The Morgan fingerprint density at radius 1 is 1.50 bits per heavy atom. The highest BCUT2D eigenvalue weighted by molar-refractivity contribution is 7.80. The number of halogens is 2. The molecule has 1 aromatic heterocycles. The van der Waals surface area contributed by atoms with Crippen LogP contribution >= 0.6 is 23.8 Å². The molecule has 0 radical (unpaired) electrons. The van der Waals surface area contributed by atoms with Crippen LogP contribution in [-0.2, 0) is 11.3 Å². The van der Waals surface area contributed by atoms with Gasteiger partial charge in [0.15, 0.2) is 5.11 Å². The first-order valence-electron chi connectivity index (χ1n) is 6.58. The predicted molar refractivity (Wildman–Crippen MR) is 88.8 cm³/mol. The van der Waals surface area contributed by atoms with Crippen molar-refractivity contribution >= 4 is 34.6 Å². The lowest BCUT2D eigenvalue weighted by Crippen LogP contribution is -2.30. The molecule has 0 spiro atoms. The van der Waals surface area contributed by atoms with Gasteiger partial charge in [-0.3, -0.25) is 4.68 Å². The maximum atomic E-state index is 13.0. The standard InChI is InChI=1S/C14H16ClFN4OS/c1-21-5-4-17-14(22)19-12-7-18-20(9-12)8-10-2-3-11(16)6-13(10)15/h2-3,6-7,9H,4-5,8H2,1H3,(H2,17,19,22). The molecular formula is C14H16ClFN4OS. The third-order valence-corrected chi connectivity index (χ3v) is 3.43. The van der Waals surface area contributed by atoms with Crippen LogP contribution in [0.5, 0.6) is 0 Å². The Bertz CT molecular complexity index is 650. The van der Waals surface area contributed by atoms with E-state index in [1.165, 1.54) is 12.1 Å². The summed E-state index contributed by atoms with van der Waals surface area (Å²) in [6, 6.07) is 4.30. The summed E-state index contributed by atoms with van der Waals surface area (Å²) in [7, 11) is 1.63. The molecule has 1 heterocycles. The van der Waals surface area contributed by atoms with Crippen LogP contribution in [0.1, 0.15) is 5.56 Å². The molecule has 0 aliphatic rings. The van der Waals surface area contributed by atoms with Crippen LogP contribution < -0.4 is 10.6 Å². The zero-order chi connectivity index (χ0) is 15.9. The predicted octanol–water partition coefficient (Wildman–Crippen LogP) is 2.66. The number of methoxy groups -OCH3 is 1. The Morgan fingerprint density at radius 2 is 2.32 bits per heavy atom. The first-order chi connectivity index (χ1) is 10.6. The quantitative estimate of drug-likeness (QED) is 0.624. The molecule has 1 aromatic carbocycles. The summed E-state index contributed by atoms with van der Waals surface area (Å²) >= 11 is 11.1. The van der Waals surface area contributed by atoms with E-state index in [4.69, 9.17) is 28.6 Å². The number of thiocarbonyl (C=S) groups is 1. The molecule has 0 bridgehead atoms. The molecule has 8 heteroatoms. The summed E-state index contributed by atoms with van der Waals surface area (Å²) in [6.45, 7) is 1.65. The second-order valence-electron chi connectivity index (χ2n) is 4.54. The Balaban J connectivity index is 1.92. The molecule has 0 fully saturated rings. The highest BCUT2D eigenvalue weighted by Gasteiger charge is 2.05. The van der Waals surface area contributed by atoms with E-state index >= 15 is 0 Å². The number of aromatic nitrogens is 2. The summed E-state index contributed by atoms with van der Waals surface area (Å²) in [5.41, 5.74) is 1.55. The van der Waals surface area contributed by atoms with E-state index in [0.717, 1.165) is 11.3 Å². The van der Waals surface area contributed by atoms with Crippen molar-refractivity contribution in [2.45, 2.75) is 6.54 Å². The molecule has 5 nitrogen and oxygen atoms in total. The fourth-order valence-electron chi connectivity index (χ4n) is 1.78. The van der Waals surface area contributed by atoms with Crippen molar-refractivity contribution in [1.82, 2.24) is 15.1 Å². The minimum absolute atomic E-state index is 0.357. The molecule has 2 N–H and O–H groups in total. The Hall–Kier alpha value is -1.70. The molecule has 2 rings (SSSR count). The van der Waals surface area contributed by atoms with Crippen LogP contribution in [0.2, 0.25) is 5.02 Å². The molecule has 0 unspecified atom stereocenters. The van der Waals surface area contributed by atoms with E-state index in [1.54, 1.807) is 30.3 Å². The van der Waals surface area contributed by atoms with Crippen molar-refractivity contribution < 1.29 is 9.13 Å². The first kappa shape index (κ1) is 16.7. The van der Waals surface area contributed by atoms with Crippen molar-refractivity contribution in [2.75, 3.05) is 25.6 Å².